The topological polar surface area (TPSA) is 38.0 Å². The van der Waals surface area contributed by atoms with E-state index in [1.54, 1.807) is 0 Å². The number of benzene rings is 1. The summed E-state index contributed by atoms with van der Waals surface area (Å²) in [6.45, 7) is 1.53. The lowest BCUT2D eigenvalue weighted by molar-refractivity contribution is -0.140. The van der Waals surface area contributed by atoms with E-state index in [1.807, 2.05) is 0 Å². The summed E-state index contributed by atoms with van der Waals surface area (Å²) in [5.74, 6) is -1.22. The van der Waals surface area contributed by atoms with Crippen molar-refractivity contribution in [1.29, 1.82) is 0 Å². The minimum Gasteiger partial charge on any atom is -0.324 e. The van der Waals surface area contributed by atoms with E-state index in [4.69, 9.17) is 5.73 Å². The van der Waals surface area contributed by atoms with Crippen LogP contribution in [-0.4, -0.2) is 13.1 Å². The van der Waals surface area contributed by atoms with Gasteiger partial charge >= 0.3 is 6.18 Å². The van der Waals surface area contributed by atoms with Gasteiger partial charge in [0.05, 0.1) is 5.56 Å². The fraction of sp³-hybridized carbons (Fsp3) is 0.538. The van der Waals surface area contributed by atoms with Gasteiger partial charge in [-0.3, -0.25) is 0 Å². The van der Waals surface area contributed by atoms with Gasteiger partial charge in [0, 0.05) is 11.6 Å². The van der Waals surface area contributed by atoms with Crippen molar-refractivity contribution in [2.45, 2.75) is 25.1 Å². The molecule has 0 aromatic heterocycles. The molecule has 1 aromatic carbocycles. The van der Waals surface area contributed by atoms with Crippen LogP contribution >= 0.6 is 0 Å². The molecule has 1 heterocycles. The van der Waals surface area contributed by atoms with Crippen LogP contribution in [0.25, 0.3) is 0 Å². The fourth-order valence-electron chi connectivity index (χ4n) is 2.48. The summed E-state index contributed by atoms with van der Waals surface area (Å²) in [4.78, 5) is 0. The molecule has 1 aromatic rings. The zero-order chi connectivity index (χ0) is 14.0. The Kier molecular flexibility index (Phi) is 4.10. The number of nitrogens with one attached hydrogen (secondary N) is 1. The third-order valence-corrected chi connectivity index (χ3v) is 3.58. The minimum atomic E-state index is -4.69. The normalized spacial score (nSPS) is 19.4. The molecule has 0 aliphatic carbocycles. The van der Waals surface area contributed by atoms with Crippen LogP contribution in [0.5, 0.6) is 0 Å². The van der Waals surface area contributed by atoms with Gasteiger partial charge < -0.3 is 11.1 Å². The summed E-state index contributed by atoms with van der Waals surface area (Å²) in [6, 6.07) is 2.61. The van der Waals surface area contributed by atoms with Crippen molar-refractivity contribution < 1.29 is 17.6 Å². The summed E-state index contributed by atoms with van der Waals surface area (Å²) in [5.41, 5.74) is 4.67. The lowest BCUT2D eigenvalue weighted by atomic mass is 9.86. The smallest absolute Gasteiger partial charge is 0.324 e. The van der Waals surface area contributed by atoms with E-state index in [0.717, 1.165) is 32.0 Å². The predicted octanol–water partition coefficient (Wildman–Crippen LogP) is 2.84. The highest BCUT2D eigenvalue weighted by atomic mass is 19.4. The SMILES string of the molecule is N[C@@H](c1cccc(C(F)(F)F)c1F)C1CCNCC1. The number of hydrogen-bond acceptors (Lipinski definition) is 2. The molecule has 2 nitrogen and oxygen atoms in total. The van der Waals surface area contributed by atoms with Crippen molar-refractivity contribution in [1.82, 2.24) is 5.32 Å². The zero-order valence-electron chi connectivity index (χ0n) is 10.3. The quantitative estimate of drug-likeness (QED) is 0.815. The highest BCUT2D eigenvalue weighted by molar-refractivity contribution is 5.30. The maximum atomic E-state index is 14.0. The van der Waals surface area contributed by atoms with Gasteiger partial charge in [0.1, 0.15) is 5.82 Å². The van der Waals surface area contributed by atoms with Gasteiger partial charge in [0.15, 0.2) is 0 Å². The second-order valence-corrected chi connectivity index (χ2v) is 4.82. The summed E-state index contributed by atoms with van der Waals surface area (Å²) in [6.07, 6.45) is -3.19. The van der Waals surface area contributed by atoms with Crippen LogP contribution in [0.3, 0.4) is 0 Å². The van der Waals surface area contributed by atoms with Crippen LogP contribution in [0.4, 0.5) is 17.6 Å². The molecule has 6 heteroatoms. The largest absolute Gasteiger partial charge is 0.419 e. The molecule has 1 aliphatic heterocycles. The van der Waals surface area contributed by atoms with E-state index in [2.05, 4.69) is 5.32 Å². The Morgan fingerprint density at radius 2 is 1.84 bits per heavy atom. The predicted molar refractivity (Wildman–Crippen MR) is 63.9 cm³/mol. The van der Waals surface area contributed by atoms with Gasteiger partial charge in [-0.1, -0.05) is 12.1 Å². The lowest BCUT2D eigenvalue weighted by Crippen LogP contribution is -2.34. The van der Waals surface area contributed by atoms with Crippen molar-refractivity contribution in [3.8, 4) is 0 Å². The Morgan fingerprint density at radius 1 is 1.21 bits per heavy atom. The Labute approximate surface area is 109 Å². The highest BCUT2D eigenvalue weighted by Crippen LogP contribution is 2.36. The second-order valence-electron chi connectivity index (χ2n) is 4.82. The molecule has 1 fully saturated rings. The molecule has 1 saturated heterocycles. The molecule has 0 spiro atoms. The maximum absolute atomic E-state index is 14.0. The molecule has 0 bridgehead atoms. The number of nitrogens with two attached hydrogens (primary N) is 1. The number of halogens is 4. The zero-order valence-corrected chi connectivity index (χ0v) is 10.3. The maximum Gasteiger partial charge on any atom is 0.419 e. The molecule has 0 amide bonds. The Balaban J connectivity index is 2.29. The third-order valence-electron chi connectivity index (χ3n) is 3.58. The monoisotopic (exact) mass is 276 g/mol. The molecule has 2 rings (SSSR count). The first-order chi connectivity index (χ1) is 8.91. The summed E-state index contributed by atoms with van der Waals surface area (Å²) in [7, 11) is 0. The average Bonchev–Trinajstić information content (AvgIpc) is 2.38. The summed E-state index contributed by atoms with van der Waals surface area (Å²) < 4.78 is 51.9. The van der Waals surface area contributed by atoms with E-state index in [0.29, 0.717) is 0 Å². The fourth-order valence-corrected chi connectivity index (χ4v) is 2.48. The molecular weight excluding hydrogens is 260 g/mol. The summed E-state index contributed by atoms with van der Waals surface area (Å²) in [5, 5.41) is 3.14. The van der Waals surface area contributed by atoms with Crippen molar-refractivity contribution >= 4 is 0 Å². The van der Waals surface area contributed by atoms with E-state index in [-0.39, 0.29) is 11.5 Å². The first kappa shape index (κ1) is 14.3. The molecule has 0 unspecified atom stereocenters. The number of rotatable bonds is 2. The molecule has 3 N–H and O–H groups in total. The second kappa shape index (κ2) is 5.46. The number of piperidine rings is 1. The third kappa shape index (κ3) is 3.06. The van der Waals surface area contributed by atoms with Crippen LogP contribution in [0, 0.1) is 11.7 Å². The van der Waals surface area contributed by atoms with Crippen LogP contribution < -0.4 is 11.1 Å². The summed E-state index contributed by atoms with van der Waals surface area (Å²) >= 11 is 0. The van der Waals surface area contributed by atoms with Crippen molar-refractivity contribution in [2.24, 2.45) is 11.7 Å². The number of hydrogen-bond donors (Lipinski definition) is 2. The van der Waals surface area contributed by atoms with Crippen molar-refractivity contribution in [2.75, 3.05) is 13.1 Å². The van der Waals surface area contributed by atoms with E-state index in [9.17, 15) is 17.6 Å². The van der Waals surface area contributed by atoms with Gasteiger partial charge in [-0.25, -0.2) is 4.39 Å². The van der Waals surface area contributed by atoms with Gasteiger partial charge in [-0.05, 0) is 37.9 Å². The minimum absolute atomic E-state index is 0.0132. The molecular formula is C13H16F4N2. The van der Waals surface area contributed by atoms with Gasteiger partial charge in [0.2, 0.25) is 0 Å². The van der Waals surface area contributed by atoms with Crippen LogP contribution in [-0.2, 0) is 6.18 Å². The van der Waals surface area contributed by atoms with Gasteiger partial charge in [-0.2, -0.15) is 13.2 Å². The first-order valence-electron chi connectivity index (χ1n) is 6.23. The van der Waals surface area contributed by atoms with E-state index in [1.165, 1.54) is 12.1 Å². The van der Waals surface area contributed by atoms with Crippen molar-refractivity contribution in [3.05, 3.63) is 35.1 Å². The van der Waals surface area contributed by atoms with Gasteiger partial charge in [-0.15, -0.1) is 0 Å². The van der Waals surface area contributed by atoms with Crippen LogP contribution in [0.15, 0.2) is 18.2 Å². The van der Waals surface area contributed by atoms with E-state index >= 15 is 0 Å². The van der Waals surface area contributed by atoms with Crippen LogP contribution in [0.2, 0.25) is 0 Å². The first-order valence-corrected chi connectivity index (χ1v) is 6.23. The number of alkyl halides is 3. The van der Waals surface area contributed by atoms with Crippen LogP contribution in [0.1, 0.15) is 30.0 Å². The molecule has 0 saturated carbocycles. The van der Waals surface area contributed by atoms with Gasteiger partial charge in [0.25, 0.3) is 0 Å². The Hall–Kier alpha value is -1.14. The highest BCUT2D eigenvalue weighted by Gasteiger charge is 2.36. The molecule has 106 valence electrons. The van der Waals surface area contributed by atoms with E-state index < -0.39 is 23.6 Å². The molecule has 19 heavy (non-hydrogen) atoms. The molecule has 0 radical (unpaired) electrons. The average molecular weight is 276 g/mol. The van der Waals surface area contributed by atoms with Crippen molar-refractivity contribution in [3.63, 3.8) is 0 Å². The Morgan fingerprint density at radius 3 is 2.42 bits per heavy atom. The molecule has 1 atom stereocenters. The standard InChI is InChI=1S/C13H16F4N2/c14-11-9(2-1-3-10(11)13(15,16)17)12(18)8-4-6-19-7-5-8/h1-3,8,12,19H,4-7,18H2/t12-/m1/s1. The Bertz CT molecular complexity index is 439. The molecule has 1 aliphatic rings. The lowest BCUT2D eigenvalue weighted by Gasteiger charge is -2.29.